The minimum absolute atomic E-state index is 0. The lowest BCUT2D eigenvalue weighted by Gasteiger charge is -2.23. The van der Waals surface area contributed by atoms with Crippen LogP contribution >= 0.6 is 47.2 Å². The second-order valence-corrected chi connectivity index (χ2v) is 8.12. The molecule has 0 saturated heterocycles. The van der Waals surface area contributed by atoms with Gasteiger partial charge in [-0.3, -0.25) is 4.79 Å². The largest absolute Gasteiger partial charge is 0.417 e. The van der Waals surface area contributed by atoms with Crippen molar-refractivity contribution in [1.29, 1.82) is 0 Å². The maximum absolute atomic E-state index is 15.1. The fourth-order valence-electron chi connectivity index (χ4n) is 3.18. The first kappa shape index (κ1) is 30.3. The summed E-state index contributed by atoms with van der Waals surface area (Å²) < 4.78 is 97.4. The van der Waals surface area contributed by atoms with E-state index in [-0.39, 0.29) is 33.6 Å². The van der Waals surface area contributed by atoms with Crippen LogP contribution in [-0.4, -0.2) is 12.1 Å². The normalized spacial score (nSPS) is 14.4. The van der Waals surface area contributed by atoms with Crippen molar-refractivity contribution < 1.29 is 35.5 Å². The second kappa shape index (κ2) is 10.9. The lowest BCUT2D eigenvalue weighted by atomic mass is 9.89. The Bertz CT molecular complexity index is 1090. The number of benzene rings is 2. The summed E-state index contributed by atoms with van der Waals surface area (Å²) in [6.45, 7) is 1.05. The van der Waals surface area contributed by atoms with E-state index >= 15 is 4.39 Å². The van der Waals surface area contributed by atoms with E-state index in [0.29, 0.717) is 12.1 Å². The molecular weight excluding hydrogens is 559 g/mol. The van der Waals surface area contributed by atoms with Gasteiger partial charge in [-0.2, -0.15) is 26.3 Å². The van der Waals surface area contributed by atoms with E-state index in [9.17, 15) is 31.1 Å². The van der Waals surface area contributed by atoms with E-state index < -0.39 is 63.9 Å². The van der Waals surface area contributed by atoms with Crippen LogP contribution in [0.5, 0.6) is 0 Å². The summed E-state index contributed by atoms with van der Waals surface area (Å²) in [6, 6.07) is 1.36. The molecular formula is C20H15Cl4F7N2O. The third kappa shape index (κ3) is 6.48. The fraction of sp³-hybridized carbons (Fsp3) is 0.250. The summed E-state index contributed by atoms with van der Waals surface area (Å²) >= 11 is 17.3. The van der Waals surface area contributed by atoms with Crippen LogP contribution in [0.4, 0.5) is 30.7 Å². The van der Waals surface area contributed by atoms with Gasteiger partial charge in [0, 0.05) is 11.6 Å². The van der Waals surface area contributed by atoms with E-state index in [1.54, 1.807) is 0 Å². The highest BCUT2D eigenvalue weighted by Crippen LogP contribution is 2.44. The molecule has 0 radical (unpaired) electrons. The monoisotopic (exact) mass is 572 g/mol. The van der Waals surface area contributed by atoms with Crippen LogP contribution in [0.15, 0.2) is 30.3 Å². The Labute approximate surface area is 210 Å². The van der Waals surface area contributed by atoms with E-state index in [1.807, 2.05) is 0 Å². The number of rotatable bonds is 5. The first-order chi connectivity index (χ1) is 15.0. The Morgan fingerprint density at radius 1 is 1.00 bits per heavy atom. The van der Waals surface area contributed by atoms with Crippen LogP contribution in [0, 0.1) is 0 Å². The summed E-state index contributed by atoms with van der Waals surface area (Å²) in [5.74, 6) is -5.80. The number of hydrogen-bond acceptors (Lipinski definition) is 2. The van der Waals surface area contributed by atoms with Gasteiger partial charge in [-0.05, 0) is 42.3 Å². The number of hydrogen-bond donors (Lipinski definition) is 2. The molecule has 1 amide bonds. The Kier molecular flexibility index (Phi) is 9.72. The molecule has 0 aliphatic carbocycles. The molecule has 2 aromatic carbocycles. The van der Waals surface area contributed by atoms with E-state index in [4.69, 9.17) is 46.3 Å². The number of nitrogens with two attached hydrogens (primary N) is 2. The standard InChI is InChI=1S/C20H14Cl3F7N2O.ClH/c1-7(31)15-9(2-3-10(18(32)33)16(15)20(28,29)30)14(24)6-11(19(25,26)27)8-4-12(21)17(23)13(22)5-8;/h2-7,11H,31H2,1H3,(H2,32,33);1H/b14-6-;/t7-,11?;/m1./s1. The summed E-state index contributed by atoms with van der Waals surface area (Å²) in [5, 5.41) is -0.920. The van der Waals surface area contributed by atoms with Gasteiger partial charge in [-0.15, -0.1) is 12.4 Å². The Hall–Kier alpha value is -1.72. The summed E-state index contributed by atoms with van der Waals surface area (Å²) in [4.78, 5) is 11.5. The van der Waals surface area contributed by atoms with Crippen molar-refractivity contribution in [2.45, 2.75) is 31.2 Å². The number of halogens is 11. The summed E-state index contributed by atoms with van der Waals surface area (Å²) in [6.07, 6.45) is -10.2. The molecule has 4 N–H and O–H groups in total. The average Bonchev–Trinajstić information content (AvgIpc) is 2.66. The molecule has 0 aromatic heterocycles. The molecule has 2 rings (SSSR count). The zero-order valence-electron chi connectivity index (χ0n) is 16.8. The molecule has 0 spiro atoms. The van der Waals surface area contributed by atoms with Gasteiger partial charge in [0.1, 0.15) is 11.7 Å². The molecule has 2 atom stereocenters. The SMILES string of the molecule is C[C@@H](N)c1c(/C(F)=C/C(c2cc(Cl)c(Cl)c(Cl)c2)C(F)(F)F)ccc(C(N)=O)c1C(F)(F)F.Cl. The minimum atomic E-state index is -5.20. The predicted octanol–water partition coefficient (Wildman–Crippen LogP) is 7.86. The Balaban J connectivity index is 0.00000578. The average molecular weight is 574 g/mol. The van der Waals surface area contributed by atoms with Crippen molar-refractivity contribution in [3.05, 3.63) is 73.2 Å². The Morgan fingerprint density at radius 3 is 1.85 bits per heavy atom. The molecule has 14 heteroatoms. The number of carbonyl (C=O) groups is 1. The summed E-state index contributed by atoms with van der Waals surface area (Å²) in [7, 11) is 0. The zero-order chi connectivity index (χ0) is 25.5. The molecule has 0 bridgehead atoms. The van der Waals surface area contributed by atoms with Crippen molar-refractivity contribution in [3.63, 3.8) is 0 Å². The van der Waals surface area contributed by atoms with Crippen molar-refractivity contribution in [1.82, 2.24) is 0 Å². The number of amides is 1. The molecule has 0 fully saturated rings. The molecule has 34 heavy (non-hydrogen) atoms. The van der Waals surface area contributed by atoms with Crippen molar-refractivity contribution in [2.75, 3.05) is 0 Å². The maximum Gasteiger partial charge on any atom is 0.417 e. The smallest absolute Gasteiger partial charge is 0.366 e. The minimum Gasteiger partial charge on any atom is -0.366 e. The first-order valence-corrected chi connectivity index (χ1v) is 9.98. The second-order valence-electron chi connectivity index (χ2n) is 6.93. The van der Waals surface area contributed by atoms with Crippen molar-refractivity contribution in [2.24, 2.45) is 11.5 Å². The molecule has 0 aliphatic heterocycles. The number of alkyl halides is 6. The molecule has 2 aromatic rings. The van der Waals surface area contributed by atoms with Gasteiger partial charge in [-0.1, -0.05) is 40.9 Å². The molecule has 188 valence electrons. The molecule has 0 heterocycles. The fourth-order valence-corrected chi connectivity index (χ4v) is 3.80. The van der Waals surface area contributed by atoms with Gasteiger partial charge in [0.15, 0.2) is 0 Å². The molecule has 1 unspecified atom stereocenters. The van der Waals surface area contributed by atoms with Crippen LogP contribution in [-0.2, 0) is 6.18 Å². The van der Waals surface area contributed by atoms with Gasteiger partial charge in [0.2, 0.25) is 5.91 Å². The van der Waals surface area contributed by atoms with Crippen LogP contribution in [0.25, 0.3) is 5.83 Å². The maximum atomic E-state index is 15.1. The van der Waals surface area contributed by atoms with Crippen LogP contribution in [0.1, 0.15) is 51.5 Å². The first-order valence-electron chi connectivity index (χ1n) is 8.85. The quantitative estimate of drug-likeness (QED) is 0.282. The third-order valence-electron chi connectivity index (χ3n) is 4.54. The lowest BCUT2D eigenvalue weighted by Crippen LogP contribution is -2.24. The van der Waals surface area contributed by atoms with Gasteiger partial charge >= 0.3 is 12.4 Å². The van der Waals surface area contributed by atoms with Crippen LogP contribution in [0.2, 0.25) is 15.1 Å². The van der Waals surface area contributed by atoms with Crippen LogP contribution < -0.4 is 11.5 Å². The highest BCUT2D eigenvalue weighted by Gasteiger charge is 2.42. The summed E-state index contributed by atoms with van der Waals surface area (Å²) in [5.41, 5.74) is 5.51. The predicted molar refractivity (Wildman–Crippen MR) is 119 cm³/mol. The zero-order valence-corrected chi connectivity index (χ0v) is 19.9. The van der Waals surface area contributed by atoms with Crippen molar-refractivity contribution in [3.8, 4) is 0 Å². The molecule has 0 aliphatic rings. The lowest BCUT2D eigenvalue weighted by molar-refractivity contribution is -0.140. The molecule has 0 saturated carbocycles. The number of allylic oxidation sites excluding steroid dienone is 1. The van der Waals surface area contributed by atoms with Gasteiger partial charge in [0.05, 0.1) is 26.2 Å². The highest BCUT2D eigenvalue weighted by molar-refractivity contribution is 6.48. The van der Waals surface area contributed by atoms with Gasteiger partial charge < -0.3 is 11.5 Å². The van der Waals surface area contributed by atoms with E-state index in [0.717, 1.165) is 19.1 Å². The van der Waals surface area contributed by atoms with E-state index in [1.165, 1.54) is 0 Å². The third-order valence-corrected chi connectivity index (χ3v) is 5.73. The van der Waals surface area contributed by atoms with E-state index in [2.05, 4.69) is 0 Å². The van der Waals surface area contributed by atoms with Crippen molar-refractivity contribution >= 4 is 58.9 Å². The van der Waals surface area contributed by atoms with Crippen LogP contribution in [0.3, 0.4) is 0 Å². The van der Waals surface area contributed by atoms with Gasteiger partial charge in [-0.25, -0.2) is 4.39 Å². The number of primary amides is 1. The molecule has 3 nitrogen and oxygen atoms in total. The topological polar surface area (TPSA) is 69.1 Å². The number of carbonyl (C=O) groups excluding carboxylic acids is 1. The Morgan fingerprint density at radius 2 is 1.47 bits per heavy atom. The highest BCUT2D eigenvalue weighted by atomic mass is 35.5. The van der Waals surface area contributed by atoms with Gasteiger partial charge in [0.25, 0.3) is 0 Å².